The number of rotatable bonds is 6. The van der Waals surface area contributed by atoms with Crippen LogP contribution in [0, 0.1) is 6.92 Å². The standard InChI is InChI=1S/C39H30O2/c1-27-11-13-28(14-12-27)29-15-21-33(22-16-29)41-34-25-19-31(20-26-34)39(30-17-23-32(40-2)24-18-30)37-9-5-3-7-35(37)36-8-4-6-10-38(36)39/h3-26H,1-2H3. The SMILES string of the molecule is COc1ccc(C2(c3ccc(Oc4ccc(-c5ccc(C)cc5)cc4)cc3)c3ccccc3-c3ccccc32)cc1. The number of hydrogen-bond donors (Lipinski definition) is 0. The van der Waals surface area contributed by atoms with Gasteiger partial charge in [-0.1, -0.05) is 115 Å². The van der Waals surface area contributed by atoms with E-state index in [-0.39, 0.29) is 0 Å². The first-order chi connectivity index (χ1) is 20.2. The lowest BCUT2D eigenvalue weighted by Gasteiger charge is -2.34. The minimum atomic E-state index is -0.451. The zero-order chi connectivity index (χ0) is 27.8. The zero-order valence-electron chi connectivity index (χ0n) is 23.2. The summed E-state index contributed by atoms with van der Waals surface area (Å²) in [6.07, 6.45) is 0. The van der Waals surface area contributed by atoms with E-state index in [1.54, 1.807) is 7.11 Å². The van der Waals surface area contributed by atoms with Crippen LogP contribution in [0.4, 0.5) is 0 Å². The highest BCUT2D eigenvalue weighted by molar-refractivity contribution is 5.86. The Morgan fingerprint density at radius 1 is 0.439 bits per heavy atom. The van der Waals surface area contributed by atoms with E-state index in [2.05, 4.69) is 140 Å². The van der Waals surface area contributed by atoms with Crippen LogP contribution in [0.25, 0.3) is 22.3 Å². The van der Waals surface area contributed by atoms with Gasteiger partial charge < -0.3 is 9.47 Å². The Kier molecular flexibility index (Phi) is 6.17. The Morgan fingerprint density at radius 3 is 1.34 bits per heavy atom. The Balaban J connectivity index is 1.27. The molecule has 0 saturated heterocycles. The zero-order valence-corrected chi connectivity index (χ0v) is 23.2. The normalized spacial score (nSPS) is 12.8. The fourth-order valence-electron chi connectivity index (χ4n) is 6.24. The third kappa shape index (κ3) is 4.20. The summed E-state index contributed by atoms with van der Waals surface area (Å²) in [5, 5.41) is 0. The fraction of sp³-hybridized carbons (Fsp3) is 0.0769. The summed E-state index contributed by atoms with van der Waals surface area (Å²) in [4.78, 5) is 0. The summed E-state index contributed by atoms with van der Waals surface area (Å²) in [6.45, 7) is 2.11. The molecule has 0 atom stereocenters. The molecule has 6 aromatic rings. The molecule has 6 aromatic carbocycles. The van der Waals surface area contributed by atoms with Crippen LogP contribution in [0.1, 0.15) is 27.8 Å². The van der Waals surface area contributed by atoms with Crippen molar-refractivity contribution in [1.29, 1.82) is 0 Å². The van der Waals surface area contributed by atoms with Gasteiger partial charge in [0.25, 0.3) is 0 Å². The van der Waals surface area contributed by atoms with Gasteiger partial charge in [0.2, 0.25) is 0 Å². The molecule has 2 heteroatoms. The van der Waals surface area contributed by atoms with Gasteiger partial charge >= 0.3 is 0 Å². The van der Waals surface area contributed by atoms with Crippen LogP contribution < -0.4 is 9.47 Å². The highest BCUT2D eigenvalue weighted by atomic mass is 16.5. The van der Waals surface area contributed by atoms with Crippen molar-refractivity contribution in [2.24, 2.45) is 0 Å². The lowest BCUT2D eigenvalue weighted by molar-refractivity contribution is 0.414. The molecule has 2 nitrogen and oxygen atoms in total. The van der Waals surface area contributed by atoms with Crippen molar-refractivity contribution in [2.45, 2.75) is 12.3 Å². The van der Waals surface area contributed by atoms with Crippen molar-refractivity contribution in [3.63, 3.8) is 0 Å². The van der Waals surface area contributed by atoms with Crippen LogP contribution in [0.15, 0.2) is 146 Å². The van der Waals surface area contributed by atoms with E-state index in [0.717, 1.165) is 17.2 Å². The van der Waals surface area contributed by atoms with Crippen LogP contribution in [-0.2, 0) is 5.41 Å². The van der Waals surface area contributed by atoms with Gasteiger partial charge in [-0.2, -0.15) is 0 Å². The molecule has 7 rings (SSSR count). The number of methoxy groups -OCH3 is 1. The molecular weight excluding hydrogens is 500 g/mol. The van der Waals surface area contributed by atoms with Crippen molar-refractivity contribution in [3.05, 3.63) is 173 Å². The molecule has 0 N–H and O–H groups in total. The molecule has 0 saturated carbocycles. The minimum Gasteiger partial charge on any atom is -0.497 e. The highest BCUT2D eigenvalue weighted by Gasteiger charge is 2.45. The van der Waals surface area contributed by atoms with Crippen LogP contribution in [0.5, 0.6) is 17.2 Å². The van der Waals surface area contributed by atoms with E-state index in [0.29, 0.717) is 0 Å². The van der Waals surface area contributed by atoms with Gasteiger partial charge in [-0.15, -0.1) is 0 Å². The van der Waals surface area contributed by atoms with Crippen molar-refractivity contribution < 1.29 is 9.47 Å². The number of fused-ring (bicyclic) bond motifs is 3. The summed E-state index contributed by atoms with van der Waals surface area (Å²) in [6, 6.07) is 51.5. The molecule has 0 fully saturated rings. The molecule has 1 aliphatic carbocycles. The second-order valence-corrected chi connectivity index (χ2v) is 10.6. The van der Waals surface area contributed by atoms with Gasteiger partial charge in [0, 0.05) is 0 Å². The Labute approximate surface area is 241 Å². The molecule has 0 aliphatic heterocycles. The maximum atomic E-state index is 6.30. The Hall–Kier alpha value is -5.08. The average molecular weight is 531 g/mol. The minimum absolute atomic E-state index is 0.451. The largest absolute Gasteiger partial charge is 0.497 e. The van der Waals surface area contributed by atoms with E-state index < -0.39 is 5.41 Å². The molecule has 198 valence electrons. The second-order valence-electron chi connectivity index (χ2n) is 10.6. The number of ether oxygens (including phenoxy) is 2. The first-order valence-corrected chi connectivity index (χ1v) is 14.0. The number of hydrogen-bond acceptors (Lipinski definition) is 2. The molecule has 41 heavy (non-hydrogen) atoms. The maximum absolute atomic E-state index is 6.30. The van der Waals surface area contributed by atoms with Crippen molar-refractivity contribution in [1.82, 2.24) is 0 Å². The summed E-state index contributed by atoms with van der Waals surface area (Å²) in [5.74, 6) is 2.47. The third-order valence-electron chi connectivity index (χ3n) is 8.24. The fourth-order valence-corrected chi connectivity index (χ4v) is 6.24. The van der Waals surface area contributed by atoms with E-state index in [4.69, 9.17) is 9.47 Å². The van der Waals surface area contributed by atoms with Crippen LogP contribution in [-0.4, -0.2) is 7.11 Å². The molecule has 0 radical (unpaired) electrons. The Bertz CT molecular complexity index is 1770. The summed E-state index contributed by atoms with van der Waals surface area (Å²) >= 11 is 0. The van der Waals surface area contributed by atoms with E-state index >= 15 is 0 Å². The van der Waals surface area contributed by atoms with Crippen LogP contribution >= 0.6 is 0 Å². The molecule has 0 aromatic heterocycles. The topological polar surface area (TPSA) is 18.5 Å². The molecular formula is C39H30O2. The van der Waals surface area contributed by atoms with E-state index in [1.807, 2.05) is 12.1 Å². The van der Waals surface area contributed by atoms with Gasteiger partial charge in [0.15, 0.2) is 0 Å². The number of benzene rings is 6. The summed E-state index contributed by atoms with van der Waals surface area (Å²) < 4.78 is 11.8. The maximum Gasteiger partial charge on any atom is 0.127 e. The smallest absolute Gasteiger partial charge is 0.127 e. The summed E-state index contributed by atoms with van der Waals surface area (Å²) in [7, 11) is 1.71. The molecule has 0 heterocycles. The second kappa shape index (κ2) is 10.1. The summed E-state index contributed by atoms with van der Waals surface area (Å²) in [5.41, 5.74) is 10.7. The molecule has 0 amide bonds. The van der Waals surface area contributed by atoms with Crippen LogP contribution in [0.2, 0.25) is 0 Å². The molecule has 0 unspecified atom stereocenters. The predicted octanol–water partition coefficient (Wildman–Crippen LogP) is 9.83. The number of aryl methyl sites for hydroxylation is 1. The van der Waals surface area contributed by atoms with Crippen molar-refractivity contribution in [3.8, 4) is 39.5 Å². The molecule has 0 bridgehead atoms. The van der Waals surface area contributed by atoms with Crippen molar-refractivity contribution in [2.75, 3.05) is 7.11 Å². The van der Waals surface area contributed by atoms with Gasteiger partial charge in [0.05, 0.1) is 12.5 Å². The monoisotopic (exact) mass is 530 g/mol. The predicted molar refractivity (Wildman–Crippen MR) is 167 cm³/mol. The average Bonchev–Trinajstić information content (AvgIpc) is 3.34. The lowest BCUT2D eigenvalue weighted by Crippen LogP contribution is -2.28. The lowest BCUT2D eigenvalue weighted by atomic mass is 9.68. The highest BCUT2D eigenvalue weighted by Crippen LogP contribution is 2.56. The quantitative estimate of drug-likeness (QED) is 0.213. The molecule has 0 spiro atoms. The molecule has 1 aliphatic rings. The van der Waals surface area contributed by atoms with E-state index in [9.17, 15) is 0 Å². The van der Waals surface area contributed by atoms with Gasteiger partial charge in [-0.25, -0.2) is 0 Å². The Morgan fingerprint density at radius 2 is 0.854 bits per heavy atom. The van der Waals surface area contributed by atoms with Gasteiger partial charge in [0.1, 0.15) is 17.2 Å². The van der Waals surface area contributed by atoms with Crippen molar-refractivity contribution >= 4 is 0 Å². The van der Waals surface area contributed by atoms with E-state index in [1.165, 1.54) is 50.1 Å². The first kappa shape index (κ1) is 24.9. The van der Waals surface area contributed by atoms with Gasteiger partial charge in [-0.3, -0.25) is 0 Å². The van der Waals surface area contributed by atoms with Crippen LogP contribution in [0.3, 0.4) is 0 Å². The first-order valence-electron chi connectivity index (χ1n) is 14.0. The third-order valence-corrected chi connectivity index (χ3v) is 8.24. The van der Waals surface area contributed by atoms with Gasteiger partial charge in [-0.05, 0) is 87.8 Å².